The fourth-order valence-electron chi connectivity index (χ4n) is 11.3. The van der Waals surface area contributed by atoms with Crippen molar-refractivity contribution < 1.29 is 14.3 Å². The third-order valence-corrected chi connectivity index (χ3v) is 13.1. The molecule has 1 N–H and O–H groups in total. The fraction of sp³-hybridized carbons (Fsp3) is 0.730. The first-order chi connectivity index (χ1) is 19.3. The molecule has 3 aliphatic carbocycles. The number of rotatable bonds is 8. The Labute approximate surface area is 249 Å². The number of carbonyl (C=O) groups excluding carboxylic acids is 2. The predicted octanol–water partition coefficient (Wildman–Crippen LogP) is 8.65. The lowest BCUT2D eigenvalue weighted by Gasteiger charge is -2.71. The molecular formula is C37H55NO3. The molecule has 1 aliphatic heterocycles. The molecule has 226 valence electrons. The van der Waals surface area contributed by atoms with Gasteiger partial charge in [0.25, 0.3) is 0 Å². The number of hydrogen-bond acceptors (Lipinski definition) is 3. The van der Waals surface area contributed by atoms with E-state index in [1.165, 1.54) is 50.5 Å². The van der Waals surface area contributed by atoms with E-state index in [2.05, 4.69) is 53.4 Å². The Morgan fingerprint density at radius 3 is 2.44 bits per heavy atom. The maximum Gasteiger partial charge on any atom is 0.306 e. The van der Waals surface area contributed by atoms with E-state index in [4.69, 9.17) is 4.74 Å². The summed E-state index contributed by atoms with van der Waals surface area (Å²) in [5, 5.41) is 3.35. The van der Waals surface area contributed by atoms with Crippen LogP contribution in [0.4, 0.5) is 0 Å². The van der Waals surface area contributed by atoms with Crippen LogP contribution in [0, 0.1) is 45.8 Å². The molecule has 4 heteroatoms. The number of fused-ring (bicyclic) bond motifs is 5. The lowest BCUT2D eigenvalue weighted by atomic mass is 9.34. The largest absolute Gasteiger partial charge is 0.461 e. The zero-order valence-electron chi connectivity index (χ0n) is 26.7. The topological polar surface area (TPSA) is 55.4 Å². The predicted molar refractivity (Wildman–Crippen MR) is 166 cm³/mol. The Morgan fingerprint density at radius 1 is 1.00 bits per heavy atom. The van der Waals surface area contributed by atoms with E-state index in [1.54, 1.807) is 0 Å². The SMILES string of the molecule is C=C(C)[C@H](CCCC(=O)OCc1ccccc1)[C@H]1CCC[C@]2(C)[C@@H]1CC[C@@H]1[C@@]3(C)CC(=O)NC(C)(C)[C@@H]3CC[C@]12C. The minimum absolute atomic E-state index is 0.0631. The second-order valence-electron chi connectivity index (χ2n) is 15.7. The molecule has 0 aromatic heterocycles. The van der Waals surface area contributed by atoms with Crippen LogP contribution >= 0.6 is 0 Å². The second kappa shape index (κ2) is 11.2. The molecule has 4 nitrogen and oxygen atoms in total. The maximum atomic E-state index is 13.0. The minimum Gasteiger partial charge on any atom is -0.461 e. The number of piperidine rings is 1. The van der Waals surface area contributed by atoms with Crippen LogP contribution in [-0.4, -0.2) is 17.4 Å². The Balaban J connectivity index is 1.29. The number of allylic oxidation sites excluding steroid dienone is 1. The summed E-state index contributed by atoms with van der Waals surface area (Å²) >= 11 is 0. The highest BCUT2D eigenvalue weighted by atomic mass is 16.5. The van der Waals surface area contributed by atoms with Crippen LogP contribution in [-0.2, 0) is 20.9 Å². The molecule has 1 aromatic rings. The Hall–Kier alpha value is -2.10. The summed E-state index contributed by atoms with van der Waals surface area (Å²) in [6.07, 6.45) is 11.8. The van der Waals surface area contributed by atoms with E-state index in [0.29, 0.717) is 49.0 Å². The van der Waals surface area contributed by atoms with Gasteiger partial charge < -0.3 is 10.1 Å². The van der Waals surface area contributed by atoms with E-state index < -0.39 is 0 Å². The molecule has 1 aromatic carbocycles. The quantitative estimate of drug-likeness (QED) is 0.255. The minimum atomic E-state index is -0.133. The van der Waals surface area contributed by atoms with Crippen molar-refractivity contribution in [1.29, 1.82) is 0 Å². The molecule has 0 unspecified atom stereocenters. The summed E-state index contributed by atoms with van der Waals surface area (Å²) in [7, 11) is 0. The summed E-state index contributed by atoms with van der Waals surface area (Å²) in [6.45, 7) is 19.3. The van der Waals surface area contributed by atoms with Crippen molar-refractivity contribution in [3.8, 4) is 0 Å². The third kappa shape index (κ3) is 5.31. The molecule has 0 bridgehead atoms. The zero-order chi connectivity index (χ0) is 29.6. The van der Waals surface area contributed by atoms with Crippen molar-refractivity contribution in [2.45, 2.75) is 124 Å². The number of benzene rings is 1. The van der Waals surface area contributed by atoms with Gasteiger partial charge >= 0.3 is 5.97 Å². The Bertz CT molecular complexity index is 1140. The lowest BCUT2D eigenvalue weighted by molar-refractivity contribution is -0.218. The van der Waals surface area contributed by atoms with Crippen LogP contribution in [0.5, 0.6) is 0 Å². The van der Waals surface area contributed by atoms with Gasteiger partial charge in [0.2, 0.25) is 5.91 Å². The van der Waals surface area contributed by atoms with Crippen LogP contribution in [0.15, 0.2) is 42.5 Å². The van der Waals surface area contributed by atoms with Gasteiger partial charge in [-0.25, -0.2) is 0 Å². The Morgan fingerprint density at radius 2 is 1.73 bits per heavy atom. The monoisotopic (exact) mass is 561 g/mol. The van der Waals surface area contributed by atoms with Crippen LogP contribution in [0.1, 0.15) is 118 Å². The average molecular weight is 562 g/mol. The van der Waals surface area contributed by atoms with Crippen molar-refractivity contribution in [3.63, 3.8) is 0 Å². The van der Waals surface area contributed by atoms with E-state index in [1.807, 2.05) is 30.3 Å². The van der Waals surface area contributed by atoms with Crippen molar-refractivity contribution in [2.75, 3.05) is 0 Å². The molecule has 0 radical (unpaired) electrons. The number of carbonyl (C=O) groups is 2. The number of nitrogens with one attached hydrogen (secondary N) is 1. The summed E-state index contributed by atoms with van der Waals surface area (Å²) in [5.74, 6) is 3.03. The first-order valence-corrected chi connectivity index (χ1v) is 16.5. The van der Waals surface area contributed by atoms with Crippen LogP contribution in [0.25, 0.3) is 0 Å². The molecular weight excluding hydrogens is 506 g/mol. The van der Waals surface area contributed by atoms with Crippen LogP contribution in [0.3, 0.4) is 0 Å². The van der Waals surface area contributed by atoms with Crippen molar-refractivity contribution in [2.24, 2.45) is 45.8 Å². The maximum absolute atomic E-state index is 13.0. The number of esters is 1. The van der Waals surface area contributed by atoms with Gasteiger partial charge in [0.1, 0.15) is 6.61 Å². The smallest absolute Gasteiger partial charge is 0.306 e. The highest BCUT2D eigenvalue weighted by Crippen LogP contribution is 2.73. The fourth-order valence-corrected chi connectivity index (χ4v) is 11.3. The third-order valence-electron chi connectivity index (χ3n) is 13.1. The van der Waals surface area contributed by atoms with Gasteiger partial charge in [-0.15, -0.1) is 0 Å². The molecule has 1 amide bonds. The standard InChI is InChI=1S/C37H55NO3/c1-25(2)27(15-11-17-33(40)41-24-26-13-9-8-10-14-26)28-16-12-21-36(6)29(28)18-19-31-35(5)23-32(39)38-34(3,4)30(35)20-22-37(31,36)7/h8-10,13-14,27-31H,1,11-12,15-24H2,2-7H3,(H,38,39)/t27-,28+,29+,30-,31+,35-,36+,37+/m0/s1. The molecule has 1 saturated heterocycles. The van der Waals surface area contributed by atoms with Gasteiger partial charge in [-0.2, -0.15) is 0 Å². The molecule has 3 saturated carbocycles. The molecule has 5 rings (SSSR count). The first kappa shape index (κ1) is 30.4. The first-order valence-electron chi connectivity index (χ1n) is 16.5. The van der Waals surface area contributed by atoms with Crippen LogP contribution in [0.2, 0.25) is 0 Å². The Kier molecular flexibility index (Phi) is 8.29. The molecule has 8 atom stereocenters. The molecule has 4 fully saturated rings. The van der Waals surface area contributed by atoms with Gasteiger partial charge in [0.15, 0.2) is 0 Å². The zero-order valence-corrected chi connectivity index (χ0v) is 26.7. The molecule has 1 heterocycles. The van der Waals surface area contributed by atoms with Crippen molar-refractivity contribution in [3.05, 3.63) is 48.0 Å². The van der Waals surface area contributed by atoms with Gasteiger partial charge in [0.05, 0.1) is 0 Å². The lowest BCUT2D eigenvalue weighted by Crippen LogP contribution is -2.69. The van der Waals surface area contributed by atoms with E-state index in [0.717, 1.165) is 18.4 Å². The summed E-state index contributed by atoms with van der Waals surface area (Å²) < 4.78 is 5.58. The van der Waals surface area contributed by atoms with Crippen LogP contribution < -0.4 is 5.32 Å². The second-order valence-corrected chi connectivity index (χ2v) is 15.7. The van der Waals surface area contributed by atoms with Crippen molar-refractivity contribution >= 4 is 11.9 Å². The molecule has 4 aliphatic rings. The summed E-state index contributed by atoms with van der Waals surface area (Å²) in [4.78, 5) is 25.6. The normalized spacial score (nSPS) is 38.4. The summed E-state index contributed by atoms with van der Waals surface area (Å²) in [6, 6.07) is 9.93. The van der Waals surface area contributed by atoms with Gasteiger partial charge in [-0.3, -0.25) is 9.59 Å². The van der Waals surface area contributed by atoms with E-state index in [9.17, 15) is 9.59 Å². The summed E-state index contributed by atoms with van der Waals surface area (Å²) in [5.41, 5.74) is 2.76. The molecule has 0 spiro atoms. The number of ether oxygens (including phenoxy) is 1. The van der Waals surface area contributed by atoms with E-state index >= 15 is 0 Å². The van der Waals surface area contributed by atoms with Crippen molar-refractivity contribution in [1.82, 2.24) is 5.32 Å². The van der Waals surface area contributed by atoms with Gasteiger partial charge in [-0.1, -0.05) is 69.7 Å². The number of amides is 1. The number of hydrogen-bond donors (Lipinski definition) is 1. The highest BCUT2D eigenvalue weighted by molar-refractivity contribution is 5.79. The van der Waals surface area contributed by atoms with E-state index in [-0.39, 0.29) is 33.7 Å². The van der Waals surface area contributed by atoms with Gasteiger partial charge in [0, 0.05) is 18.4 Å². The average Bonchev–Trinajstić information content (AvgIpc) is 2.89. The highest BCUT2D eigenvalue weighted by Gasteiger charge is 2.67. The molecule has 41 heavy (non-hydrogen) atoms. The van der Waals surface area contributed by atoms with Gasteiger partial charge in [-0.05, 0) is 124 Å².